The minimum atomic E-state index is -0.640. The number of phenols is 1. The molecule has 0 unspecified atom stereocenters. The van der Waals surface area contributed by atoms with Crippen molar-refractivity contribution >= 4 is 15.9 Å². The first-order valence-electron chi connectivity index (χ1n) is 8.62. The summed E-state index contributed by atoms with van der Waals surface area (Å²) in [6.45, 7) is 0.971. The maximum absolute atomic E-state index is 10.5. The minimum Gasteiger partial charge on any atom is -0.504 e. The third-order valence-electron chi connectivity index (χ3n) is 6.46. The lowest BCUT2D eigenvalue weighted by molar-refractivity contribution is -0.0455. The van der Waals surface area contributed by atoms with E-state index in [2.05, 4.69) is 34.0 Å². The van der Waals surface area contributed by atoms with Gasteiger partial charge in [0.2, 0.25) is 0 Å². The van der Waals surface area contributed by atoms with E-state index in [1.807, 2.05) is 11.9 Å². The Hall–Kier alpha value is -1.24. The molecule has 6 heteroatoms. The zero-order valence-electron chi connectivity index (χ0n) is 14.7. The number of phenolic OH excluding ortho intramolecular Hbond substituents is 1. The molecule has 1 aromatic carbocycles. The number of alkyl halides is 1. The topological polar surface area (TPSA) is 62.2 Å². The van der Waals surface area contributed by atoms with Gasteiger partial charge in [0, 0.05) is 34.6 Å². The Balaban J connectivity index is 0.000000758. The van der Waals surface area contributed by atoms with Gasteiger partial charge in [0.05, 0.1) is 7.11 Å². The second kappa shape index (κ2) is 5.89. The number of rotatable bonds is 1. The molecule has 2 bridgehead atoms. The Morgan fingerprint density at radius 2 is 2.12 bits per heavy atom. The van der Waals surface area contributed by atoms with E-state index < -0.39 is 6.10 Å². The van der Waals surface area contributed by atoms with Crippen LogP contribution in [0.2, 0.25) is 0 Å². The van der Waals surface area contributed by atoms with E-state index in [9.17, 15) is 10.2 Å². The monoisotopic (exact) mass is 409 g/mol. The summed E-state index contributed by atoms with van der Waals surface area (Å²) in [4.78, 5) is 2.41. The van der Waals surface area contributed by atoms with E-state index in [-0.39, 0.29) is 17.3 Å². The summed E-state index contributed by atoms with van der Waals surface area (Å²) >= 11 is 2.94. The molecule has 2 aliphatic carbocycles. The fraction of sp³-hybridized carbons (Fsp3) is 0.579. The first-order valence-corrected chi connectivity index (χ1v) is 10.2. The summed E-state index contributed by atoms with van der Waals surface area (Å²) < 4.78 is 11.7. The lowest BCUT2D eigenvalue weighted by atomic mass is 9.53. The zero-order valence-corrected chi connectivity index (χ0v) is 16.3. The Morgan fingerprint density at radius 3 is 2.84 bits per heavy atom. The number of benzene rings is 1. The summed E-state index contributed by atoms with van der Waals surface area (Å²) in [5.41, 5.74) is 1.97. The molecule has 136 valence electrons. The number of aliphatic hydroxyl groups excluding tert-OH is 1. The second-order valence-electron chi connectivity index (χ2n) is 7.26. The molecule has 25 heavy (non-hydrogen) atoms. The van der Waals surface area contributed by atoms with Crippen LogP contribution in [0.25, 0.3) is 0 Å². The molecule has 4 aliphatic rings. The first kappa shape index (κ1) is 17.2. The average Bonchev–Trinajstić information content (AvgIpc) is 2.98. The van der Waals surface area contributed by atoms with Gasteiger partial charge in [-0.15, -0.1) is 0 Å². The normalized spacial score (nSPS) is 36.8. The molecule has 2 aliphatic heterocycles. The number of nitrogens with zero attached hydrogens (tertiary/aromatic N) is 1. The standard InChI is InChI=1S/C18H21NO4.CH3Br/c1-19-6-5-18-10-3-4-12(20)17(18)23-16-13(21)8-14(22-2)9(15(16)18)7-11(10)19;1-2/h3-4,8,10-12,17,20-21H,5-7H2,1-2H3;1H3/t10-,11+,12-,17-,18-;/m0./s1. The maximum Gasteiger partial charge on any atom is 0.166 e. The summed E-state index contributed by atoms with van der Waals surface area (Å²) in [5.74, 6) is 3.52. The van der Waals surface area contributed by atoms with Gasteiger partial charge in [0.15, 0.2) is 11.5 Å². The SMILES string of the molecule is CBr.COc1cc(O)c2c3c1C[C@@H]1[C@@H]4C=C[C@H](O)[C@H](O2)[C@]34CCN1C. The number of likely N-dealkylation sites (N-methyl/N-ethyl adjacent to an activating group) is 1. The molecule has 1 aromatic rings. The van der Waals surface area contributed by atoms with Crippen molar-refractivity contribution in [3.8, 4) is 17.2 Å². The van der Waals surface area contributed by atoms with Crippen LogP contribution in [0, 0.1) is 5.92 Å². The Kier molecular flexibility index (Phi) is 4.05. The van der Waals surface area contributed by atoms with Crippen LogP contribution >= 0.6 is 15.9 Å². The number of hydrogen-bond donors (Lipinski definition) is 2. The fourth-order valence-corrected chi connectivity index (χ4v) is 5.47. The number of likely N-dealkylation sites (tertiary alicyclic amines) is 1. The third kappa shape index (κ3) is 2.02. The minimum absolute atomic E-state index is 0.118. The summed E-state index contributed by atoms with van der Waals surface area (Å²) in [5, 5.41) is 21.0. The largest absolute Gasteiger partial charge is 0.504 e. The fourth-order valence-electron chi connectivity index (χ4n) is 5.47. The van der Waals surface area contributed by atoms with Crippen LogP contribution < -0.4 is 9.47 Å². The number of ether oxygens (including phenoxy) is 2. The van der Waals surface area contributed by atoms with Crippen LogP contribution in [0.5, 0.6) is 17.2 Å². The van der Waals surface area contributed by atoms with Crippen LogP contribution in [0.4, 0.5) is 0 Å². The van der Waals surface area contributed by atoms with Gasteiger partial charge >= 0.3 is 0 Å². The number of hydrogen-bond acceptors (Lipinski definition) is 5. The predicted molar refractivity (Wildman–Crippen MR) is 99.0 cm³/mol. The maximum atomic E-state index is 10.5. The summed E-state index contributed by atoms with van der Waals surface area (Å²) in [7, 11) is 3.81. The molecule has 0 saturated carbocycles. The smallest absolute Gasteiger partial charge is 0.166 e. The number of aliphatic hydroxyl groups is 1. The van der Waals surface area contributed by atoms with Crippen LogP contribution in [0.1, 0.15) is 17.5 Å². The zero-order chi connectivity index (χ0) is 17.9. The predicted octanol–water partition coefficient (Wildman–Crippen LogP) is 2.22. The molecule has 2 heterocycles. The van der Waals surface area contributed by atoms with Crippen molar-refractivity contribution in [1.29, 1.82) is 0 Å². The first-order chi connectivity index (χ1) is 12.1. The van der Waals surface area contributed by atoms with E-state index in [1.54, 1.807) is 13.2 Å². The van der Waals surface area contributed by atoms with Crippen LogP contribution in [-0.4, -0.2) is 59.9 Å². The van der Waals surface area contributed by atoms with E-state index in [0.29, 0.717) is 17.7 Å². The molecule has 1 fully saturated rings. The van der Waals surface area contributed by atoms with Gasteiger partial charge in [-0.3, -0.25) is 0 Å². The van der Waals surface area contributed by atoms with Crippen molar-refractivity contribution < 1.29 is 19.7 Å². The molecule has 5 rings (SSSR count). The van der Waals surface area contributed by atoms with Gasteiger partial charge in [0.1, 0.15) is 18.0 Å². The summed E-state index contributed by atoms with van der Waals surface area (Å²) in [6.07, 6.45) is 4.87. The van der Waals surface area contributed by atoms with E-state index in [1.165, 1.54) is 0 Å². The van der Waals surface area contributed by atoms with Gasteiger partial charge in [-0.05, 0) is 32.3 Å². The molecule has 0 radical (unpaired) electrons. The van der Waals surface area contributed by atoms with Crippen molar-refractivity contribution in [1.82, 2.24) is 4.90 Å². The Bertz CT molecular complexity index is 737. The lowest BCUT2D eigenvalue weighted by Crippen LogP contribution is -2.64. The highest BCUT2D eigenvalue weighted by molar-refractivity contribution is 9.08. The van der Waals surface area contributed by atoms with E-state index in [0.717, 1.165) is 36.3 Å². The van der Waals surface area contributed by atoms with Gasteiger partial charge in [-0.1, -0.05) is 28.1 Å². The molecule has 0 amide bonds. The van der Waals surface area contributed by atoms with Gasteiger partial charge in [-0.25, -0.2) is 0 Å². The third-order valence-corrected chi connectivity index (χ3v) is 6.46. The van der Waals surface area contributed by atoms with Crippen molar-refractivity contribution in [2.24, 2.45) is 5.92 Å². The molecular formula is C19H24BrNO4. The number of piperidine rings is 1. The van der Waals surface area contributed by atoms with E-state index >= 15 is 0 Å². The second-order valence-corrected chi connectivity index (χ2v) is 7.26. The van der Waals surface area contributed by atoms with Crippen LogP contribution in [0.15, 0.2) is 18.2 Å². The molecule has 5 atom stereocenters. The van der Waals surface area contributed by atoms with Crippen LogP contribution in [-0.2, 0) is 11.8 Å². The molecule has 2 N–H and O–H groups in total. The Morgan fingerprint density at radius 1 is 1.36 bits per heavy atom. The highest BCUT2D eigenvalue weighted by atomic mass is 79.9. The van der Waals surface area contributed by atoms with E-state index in [4.69, 9.17) is 9.47 Å². The van der Waals surface area contributed by atoms with Gasteiger partial charge in [0.25, 0.3) is 0 Å². The van der Waals surface area contributed by atoms with Crippen molar-refractivity contribution in [3.05, 3.63) is 29.3 Å². The quantitative estimate of drug-likeness (QED) is 0.549. The lowest BCUT2D eigenvalue weighted by Gasteiger charge is -2.56. The molecule has 5 nitrogen and oxygen atoms in total. The number of halogens is 1. The van der Waals surface area contributed by atoms with Crippen LogP contribution in [0.3, 0.4) is 0 Å². The number of methoxy groups -OCH3 is 1. The average molecular weight is 410 g/mol. The van der Waals surface area contributed by atoms with Gasteiger partial charge < -0.3 is 24.6 Å². The molecular weight excluding hydrogens is 386 g/mol. The highest BCUT2D eigenvalue weighted by Gasteiger charge is 2.64. The highest BCUT2D eigenvalue weighted by Crippen LogP contribution is 2.63. The van der Waals surface area contributed by atoms with Crippen molar-refractivity contribution in [3.63, 3.8) is 0 Å². The molecule has 0 aromatic heterocycles. The number of aromatic hydroxyl groups is 1. The molecule has 1 spiro atoms. The van der Waals surface area contributed by atoms with Crippen molar-refractivity contribution in [2.45, 2.75) is 36.5 Å². The van der Waals surface area contributed by atoms with Crippen molar-refractivity contribution in [2.75, 3.05) is 26.5 Å². The summed E-state index contributed by atoms with van der Waals surface area (Å²) in [6, 6.07) is 2.02. The van der Waals surface area contributed by atoms with Gasteiger partial charge in [-0.2, -0.15) is 0 Å². The Labute approximate surface area is 156 Å². The molecule has 1 saturated heterocycles.